The van der Waals surface area contributed by atoms with Crippen molar-refractivity contribution in [2.24, 2.45) is 4.99 Å². The third kappa shape index (κ3) is 7.98. The first-order chi connectivity index (χ1) is 10.1. The average molecular weight is 439 g/mol. The van der Waals surface area contributed by atoms with Gasteiger partial charge in [0.05, 0.1) is 10.6 Å². The number of halogens is 1. The number of nitrogens with zero attached hydrogens (tertiary/aromatic N) is 1. The molecule has 7 heteroatoms. The molecule has 0 radical (unpaired) electrons. The van der Waals surface area contributed by atoms with E-state index in [1.165, 1.54) is 0 Å². The first-order valence-electron chi connectivity index (χ1n) is 7.32. The van der Waals surface area contributed by atoms with Gasteiger partial charge in [-0.25, -0.2) is 8.42 Å². The lowest BCUT2D eigenvalue weighted by molar-refractivity contribution is 0.592. The largest absolute Gasteiger partial charge is 0.356 e. The molecule has 0 fully saturated rings. The van der Waals surface area contributed by atoms with Gasteiger partial charge in [-0.2, -0.15) is 0 Å². The molecule has 22 heavy (non-hydrogen) atoms. The number of nitrogens with one attached hydrogen (secondary N) is 2. The minimum Gasteiger partial charge on any atom is -0.356 e. The van der Waals surface area contributed by atoms with Gasteiger partial charge in [0.15, 0.2) is 15.8 Å². The molecule has 0 atom stereocenters. The molecule has 1 aromatic carbocycles. The van der Waals surface area contributed by atoms with E-state index in [4.69, 9.17) is 0 Å². The van der Waals surface area contributed by atoms with Crippen LogP contribution >= 0.6 is 24.0 Å². The van der Waals surface area contributed by atoms with Crippen molar-refractivity contribution < 1.29 is 8.42 Å². The van der Waals surface area contributed by atoms with Gasteiger partial charge < -0.3 is 10.6 Å². The molecule has 0 heterocycles. The maximum atomic E-state index is 12.1. The van der Waals surface area contributed by atoms with E-state index < -0.39 is 9.84 Å². The SMILES string of the molecule is CCCCNC(=NC)NCCCS(=O)(=O)c1ccccc1.I. The number of guanidine groups is 1. The monoisotopic (exact) mass is 439 g/mol. The molecule has 0 aliphatic rings. The van der Waals surface area contributed by atoms with E-state index in [1.807, 2.05) is 6.07 Å². The summed E-state index contributed by atoms with van der Waals surface area (Å²) in [5.41, 5.74) is 0. The van der Waals surface area contributed by atoms with Crippen LogP contribution in [0.2, 0.25) is 0 Å². The first kappa shape index (κ1) is 21.2. The van der Waals surface area contributed by atoms with Crippen LogP contribution in [-0.2, 0) is 9.84 Å². The fraction of sp³-hybridized carbons (Fsp3) is 0.533. The highest BCUT2D eigenvalue weighted by molar-refractivity contribution is 14.0. The maximum Gasteiger partial charge on any atom is 0.190 e. The number of unbranched alkanes of at least 4 members (excludes halogenated alkanes) is 1. The third-order valence-corrected chi connectivity index (χ3v) is 4.85. The Kier molecular flexibility index (Phi) is 11.3. The predicted molar refractivity (Wildman–Crippen MR) is 103 cm³/mol. The number of hydrogen-bond acceptors (Lipinski definition) is 3. The molecule has 2 N–H and O–H groups in total. The molecule has 0 aliphatic heterocycles. The van der Waals surface area contributed by atoms with Gasteiger partial charge in [-0.1, -0.05) is 31.5 Å². The van der Waals surface area contributed by atoms with Crippen molar-refractivity contribution in [3.8, 4) is 0 Å². The third-order valence-electron chi connectivity index (χ3n) is 3.03. The van der Waals surface area contributed by atoms with Gasteiger partial charge in [0.2, 0.25) is 0 Å². The van der Waals surface area contributed by atoms with Crippen molar-refractivity contribution in [1.29, 1.82) is 0 Å². The molecule has 0 aromatic heterocycles. The summed E-state index contributed by atoms with van der Waals surface area (Å²) in [4.78, 5) is 4.48. The summed E-state index contributed by atoms with van der Waals surface area (Å²) in [6.07, 6.45) is 2.76. The zero-order valence-corrected chi connectivity index (χ0v) is 16.4. The second-order valence-corrected chi connectivity index (χ2v) is 6.87. The smallest absolute Gasteiger partial charge is 0.190 e. The minimum absolute atomic E-state index is 0. The Morgan fingerprint density at radius 3 is 2.23 bits per heavy atom. The highest BCUT2D eigenvalue weighted by Crippen LogP contribution is 2.10. The van der Waals surface area contributed by atoms with Crippen molar-refractivity contribution in [3.63, 3.8) is 0 Å². The van der Waals surface area contributed by atoms with Crippen molar-refractivity contribution in [1.82, 2.24) is 10.6 Å². The summed E-state index contributed by atoms with van der Waals surface area (Å²) >= 11 is 0. The van der Waals surface area contributed by atoms with Crippen molar-refractivity contribution >= 4 is 39.8 Å². The molecule has 126 valence electrons. The van der Waals surface area contributed by atoms with E-state index in [1.54, 1.807) is 31.3 Å². The molecule has 1 rings (SSSR count). The number of rotatable bonds is 8. The summed E-state index contributed by atoms with van der Waals surface area (Å²) in [6.45, 7) is 3.59. The Hall–Kier alpha value is -0.830. The van der Waals surface area contributed by atoms with Crippen molar-refractivity contribution in [2.45, 2.75) is 31.1 Å². The average Bonchev–Trinajstić information content (AvgIpc) is 2.50. The van der Waals surface area contributed by atoms with E-state index in [9.17, 15) is 8.42 Å². The molecule has 0 saturated heterocycles. The molecular weight excluding hydrogens is 413 g/mol. The summed E-state index contributed by atoms with van der Waals surface area (Å²) < 4.78 is 24.2. The van der Waals surface area contributed by atoms with Gasteiger partial charge in [-0.05, 0) is 25.0 Å². The molecule has 0 spiro atoms. The molecule has 0 saturated carbocycles. The molecule has 0 amide bonds. The topological polar surface area (TPSA) is 70.6 Å². The molecular formula is C15H26IN3O2S. The van der Waals surface area contributed by atoms with Crippen LogP contribution in [0.3, 0.4) is 0 Å². The first-order valence-corrected chi connectivity index (χ1v) is 8.97. The molecule has 0 bridgehead atoms. The Morgan fingerprint density at radius 2 is 1.68 bits per heavy atom. The fourth-order valence-corrected chi connectivity index (χ4v) is 3.15. The van der Waals surface area contributed by atoms with Crippen LogP contribution < -0.4 is 10.6 Å². The predicted octanol–water partition coefficient (Wildman–Crippen LogP) is 2.43. The van der Waals surface area contributed by atoms with Gasteiger partial charge in [0.25, 0.3) is 0 Å². The number of aliphatic imine (C=N–C) groups is 1. The van der Waals surface area contributed by atoms with E-state index in [0.29, 0.717) is 17.9 Å². The minimum atomic E-state index is -3.19. The zero-order chi connectivity index (χ0) is 15.6. The summed E-state index contributed by atoms with van der Waals surface area (Å²) in [7, 11) is -1.48. The van der Waals surface area contributed by atoms with Crippen LogP contribution in [0.25, 0.3) is 0 Å². The van der Waals surface area contributed by atoms with Crippen molar-refractivity contribution in [3.05, 3.63) is 30.3 Å². The second kappa shape index (κ2) is 11.7. The highest BCUT2D eigenvalue weighted by atomic mass is 127. The summed E-state index contributed by atoms with van der Waals surface area (Å²) in [5, 5.41) is 6.32. The number of sulfone groups is 1. The van der Waals surface area contributed by atoms with Gasteiger partial charge in [-0.15, -0.1) is 24.0 Å². The van der Waals surface area contributed by atoms with Crippen LogP contribution in [0, 0.1) is 0 Å². The zero-order valence-electron chi connectivity index (χ0n) is 13.2. The van der Waals surface area contributed by atoms with Gasteiger partial charge >= 0.3 is 0 Å². The molecule has 1 aromatic rings. The van der Waals surface area contributed by atoms with Crippen LogP contribution in [0.4, 0.5) is 0 Å². The maximum absolute atomic E-state index is 12.1. The Bertz CT molecular complexity index is 533. The Labute approximate surface area is 150 Å². The fourth-order valence-electron chi connectivity index (χ4n) is 1.82. The lowest BCUT2D eigenvalue weighted by Gasteiger charge is -2.11. The van der Waals surface area contributed by atoms with Crippen LogP contribution in [-0.4, -0.2) is 40.3 Å². The quantitative estimate of drug-likeness (QED) is 0.283. The van der Waals surface area contributed by atoms with Gasteiger partial charge in [-0.3, -0.25) is 4.99 Å². The highest BCUT2D eigenvalue weighted by Gasteiger charge is 2.12. The molecule has 5 nitrogen and oxygen atoms in total. The summed E-state index contributed by atoms with van der Waals surface area (Å²) in [5.74, 6) is 0.858. The normalized spacial score (nSPS) is 11.6. The van der Waals surface area contributed by atoms with E-state index >= 15 is 0 Å². The second-order valence-electron chi connectivity index (χ2n) is 4.76. The van der Waals surface area contributed by atoms with Gasteiger partial charge in [0.1, 0.15) is 0 Å². The summed E-state index contributed by atoms with van der Waals surface area (Å²) in [6, 6.07) is 8.56. The number of hydrogen-bond donors (Lipinski definition) is 2. The number of benzene rings is 1. The Balaban J connectivity index is 0.00000441. The standard InChI is InChI=1S/C15H25N3O2S.HI/c1-3-4-11-17-15(16-2)18-12-8-13-21(19,20)14-9-6-5-7-10-14;/h5-7,9-10H,3-4,8,11-13H2,1-2H3,(H2,16,17,18);1H. The van der Waals surface area contributed by atoms with Crippen LogP contribution in [0.15, 0.2) is 40.2 Å². The van der Waals surface area contributed by atoms with E-state index in [0.717, 1.165) is 25.3 Å². The lowest BCUT2D eigenvalue weighted by Crippen LogP contribution is -2.38. The Morgan fingerprint density at radius 1 is 1.09 bits per heavy atom. The van der Waals surface area contributed by atoms with E-state index in [2.05, 4.69) is 22.5 Å². The van der Waals surface area contributed by atoms with Crippen LogP contribution in [0.1, 0.15) is 26.2 Å². The molecule has 0 unspecified atom stereocenters. The van der Waals surface area contributed by atoms with Gasteiger partial charge in [0, 0.05) is 20.1 Å². The van der Waals surface area contributed by atoms with E-state index in [-0.39, 0.29) is 29.7 Å². The van der Waals surface area contributed by atoms with Crippen LogP contribution in [0.5, 0.6) is 0 Å². The van der Waals surface area contributed by atoms with Crippen molar-refractivity contribution in [2.75, 3.05) is 25.9 Å². The molecule has 0 aliphatic carbocycles. The lowest BCUT2D eigenvalue weighted by atomic mass is 10.3.